The highest BCUT2D eigenvalue weighted by Gasteiger charge is 2.09. The van der Waals surface area contributed by atoms with E-state index in [2.05, 4.69) is 31.5 Å². The summed E-state index contributed by atoms with van der Waals surface area (Å²) in [5, 5.41) is 7.80. The van der Waals surface area contributed by atoms with Gasteiger partial charge in [-0.25, -0.2) is 4.98 Å². The van der Waals surface area contributed by atoms with Crippen LogP contribution in [0.2, 0.25) is 0 Å². The van der Waals surface area contributed by atoms with Crippen molar-refractivity contribution >= 4 is 49.9 Å². The van der Waals surface area contributed by atoms with Crippen LogP contribution in [-0.4, -0.2) is 23.4 Å². The van der Waals surface area contributed by atoms with E-state index in [0.29, 0.717) is 10.9 Å². The van der Waals surface area contributed by atoms with Crippen LogP contribution in [0.4, 0.5) is 10.8 Å². The van der Waals surface area contributed by atoms with Crippen LogP contribution >= 0.6 is 27.3 Å². The molecule has 0 atom stereocenters. The molecule has 138 valence electrons. The Bertz CT molecular complexity index is 940. The summed E-state index contributed by atoms with van der Waals surface area (Å²) in [5.41, 5.74) is 2.37. The van der Waals surface area contributed by atoms with E-state index in [1.165, 1.54) is 18.3 Å². The summed E-state index contributed by atoms with van der Waals surface area (Å²) in [6.45, 7) is 1.37. The molecule has 1 heterocycles. The van der Waals surface area contributed by atoms with Crippen LogP contribution < -0.4 is 15.4 Å². The third kappa shape index (κ3) is 5.63. The SMILES string of the molecule is CC(=O)Nc1ccc(-c2csc(NC(=O)COc3ccc(Br)cc3)n2)cc1. The number of ether oxygens (including phenoxy) is 1. The van der Waals surface area contributed by atoms with Crippen LogP contribution in [0.5, 0.6) is 5.75 Å². The van der Waals surface area contributed by atoms with Crippen molar-refractivity contribution < 1.29 is 14.3 Å². The van der Waals surface area contributed by atoms with Crippen molar-refractivity contribution in [3.8, 4) is 17.0 Å². The molecule has 2 aromatic carbocycles. The predicted molar refractivity (Wildman–Crippen MR) is 110 cm³/mol. The maximum atomic E-state index is 12.0. The Morgan fingerprint density at radius 3 is 2.44 bits per heavy atom. The van der Waals surface area contributed by atoms with Gasteiger partial charge < -0.3 is 10.1 Å². The van der Waals surface area contributed by atoms with Crippen molar-refractivity contribution in [2.75, 3.05) is 17.2 Å². The average molecular weight is 446 g/mol. The van der Waals surface area contributed by atoms with Gasteiger partial charge in [0.15, 0.2) is 11.7 Å². The topological polar surface area (TPSA) is 80.3 Å². The maximum Gasteiger partial charge on any atom is 0.264 e. The molecule has 27 heavy (non-hydrogen) atoms. The van der Waals surface area contributed by atoms with Gasteiger partial charge in [-0.3, -0.25) is 14.9 Å². The van der Waals surface area contributed by atoms with Crippen molar-refractivity contribution in [2.45, 2.75) is 6.92 Å². The van der Waals surface area contributed by atoms with Gasteiger partial charge in [-0.05, 0) is 36.4 Å². The number of halogens is 1. The van der Waals surface area contributed by atoms with Gasteiger partial charge in [0.25, 0.3) is 5.91 Å². The molecule has 0 aliphatic heterocycles. The first kappa shape index (κ1) is 19.1. The van der Waals surface area contributed by atoms with E-state index in [1.807, 2.05) is 29.6 Å². The highest BCUT2D eigenvalue weighted by Crippen LogP contribution is 2.26. The van der Waals surface area contributed by atoms with Gasteiger partial charge in [0.2, 0.25) is 5.91 Å². The maximum absolute atomic E-state index is 12.0. The molecule has 1 aromatic heterocycles. The first-order chi connectivity index (χ1) is 13.0. The van der Waals surface area contributed by atoms with Gasteiger partial charge in [0.05, 0.1) is 5.69 Å². The summed E-state index contributed by atoms with van der Waals surface area (Å²) in [7, 11) is 0. The van der Waals surface area contributed by atoms with Gasteiger partial charge >= 0.3 is 0 Å². The molecule has 0 unspecified atom stereocenters. The summed E-state index contributed by atoms with van der Waals surface area (Å²) in [6.07, 6.45) is 0. The van der Waals surface area contributed by atoms with E-state index in [4.69, 9.17) is 4.74 Å². The van der Waals surface area contributed by atoms with Gasteiger partial charge in [-0.2, -0.15) is 0 Å². The predicted octanol–water partition coefficient (Wildman–Crippen LogP) is 4.55. The highest BCUT2D eigenvalue weighted by atomic mass is 79.9. The third-order valence-corrected chi connectivity index (χ3v) is 4.72. The molecular formula is C19H16BrN3O3S. The minimum Gasteiger partial charge on any atom is -0.484 e. The zero-order chi connectivity index (χ0) is 19.2. The molecule has 8 heteroatoms. The lowest BCUT2D eigenvalue weighted by atomic mass is 10.1. The second-order valence-electron chi connectivity index (χ2n) is 5.59. The fourth-order valence-electron chi connectivity index (χ4n) is 2.23. The number of amides is 2. The summed E-state index contributed by atoms with van der Waals surface area (Å²) in [4.78, 5) is 27.5. The number of carbonyl (C=O) groups is 2. The lowest BCUT2D eigenvalue weighted by Crippen LogP contribution is -2.20. The van der Waals surface area contributed by atoms with Gasteiger partial charge in [0.1, 0.15) is 5.75 Å². The molecule has 0 bridgehead atoms. The van der Waals surface area contributed by atoms with E-state index in [-0.39, 0.29) is 18.4 Å². The fourth-order valence-corrected chi connectivity index (χ4v) is 3.23. The average Bonchev–Trinajstić information content (AvgIpc) is 3.10. The van der Waals surface area contributed by atoms with Crippen molar-refractivity contribution in [3.05, 3.63) is 58.4 Å². The molecular weight excluding hydrogens is 430 g/mol. The standard InChI is InChI=1S/C19H16BrN3O3S/c1-12(24)21-15-6-2-13(3-7-15)17-11-27-19(22-17)23-18(25)10-26-16-8-4-14(20)5-9-16/h2-9,11H,10H2,1H3,(H,21,24)(H,22,23,25). The number of carbonyl (C=O) groups excluding carboxylic acids is 2. The molecule has 0 saturated carbocycles. The van der Waals surface area contributed by atoms with Crippen molar-refractivity contribution in [1.29, 1.82) is 0 Å². The van der Waals surface area contributed by atoms with Crippen LogP contribution in [0.25, 0.3) is 11.3 Å². The number of aromatic nitrogens is 1. The number of hydrogen-bond donors (Lipinski definition) is 2. The zero-order valence-electron chi connectivity index (χ0n) is 14.4. The van der Waals surface area contributed by atoms with Gasteiger partial charge in [-0.1, -0.05) is 28.1 Å². The molecule has 0 aliphatic carbocycles. The Morgan fingerprint density at radius 2 is 1.78 bits per heavy atom. The Kier molecular flexibility index (Phi) is 6.20. The lowest BCUT2D eigenvalue weighted by molar-refractivity contribution is -0.118. The molecule has 0 spiro atoms. The Labute approximate surface area is 168 Å². The normalized spacial score (nSPS) is 10.3. The van der Waals surface area contributed by atoms with Crippen molar-refractivity contribution in [1.82, 2.24) is 4.98 Å². The van der Waals surface area contributed by atoms with Crippen molar-refractivity contribution in [3.63, 3.8) is 0 Å². The van der Waals surface area contributed by atoms with Crippen LogP contribution in [-0.2, 0) is 9.59 Å². The Balaban J connectivity index is 1.56. The molecule has 2 amide bonds. The summed E-state index contributed by atoms with van der Waals surface area (Å²) in [5.74, 6) is 0.221. The van der Waals surface area contributed by atoms with Crippen molar-refractivity contribution in [2.24, 2.45) is 0 Å². The number of nitrogens with one attached hydrogen (secondary N) is 2. The summed E-state index contributed by atoms with van der Waals surface area (Å²) >= 11 is 4.68. The van der Waals surface area contributed by atoms with E-state index in [9.17, 15) is 9.59 Å². The molecule has 0 fully saturated rings. The quantitative estimate of drug-likeness (QED) is 0.583. The number of rotatable bonds is 6. The lowest BCUT2D eigenvalue weighted by Gasteiger charge is -2.05. The van der Waals surface area contributed by atoms with Crippen LogP contribution in [0.3, 0.4) is 0 Å². The number of benzene rings is 2. The van der Waals surface area contributed by atoms with Gasteiger partial charge in [-0.15, -0.1) is 11.3 Å². The van der Waals surface area contributed by atoms with Crippen LogP contribution in [0.1, 0.15) is 6.92 Å². The zero-order valence-corrected chi connectivity index (χ0v) is 16.8. The molecule has 0 radical (unpaired) electrons. The largest absolute Gasteiger partial charge is 0.484 e. The Hall–Kier alpha value is -2.71. The molecule has 2 N–H and O–H groups in total. The van der Waals surface area contributed by atoms with Gasteiger partial charge in [0, 0.05) is 28.0 Å². The second-order valence-corrected chi connectivity index (χ2v) is 7.36. The van der Waals surface area contributed by atoms with Crippen LogP contribution in [0.15, 0.2) is 58.4 Å². The smallest absolute Gasteiger partial charge is 0.264 e. The minimum absolute atomic E-state index is 0.0953. The first-order valence-electron chi connectivity index (χ1n) is 8.01. The van der Waals surface area contributed by atoms with E-state index in [0.717, 1.165) is 21.4 Å². The molecule has 0 aliphatic rings. The summed E-state index contributed by atoms with van der Waals surface area (Å²) in [6, 6.07) is 14.6. The van der Waals surface area contributed by atoms with E-state index in [1.54, 1.807) is 24.3 Å². The summed E-state index contributed by atoms with van der Waals surface area (Å²) < 4.78 is 6.38. The minimum atomic E-state index is -0.278. The molecule has 3 aromatic rings. The fraction of sp³-hybridized carbons (Fsp3) is 0.105. The second kappa shape index (κ2) is 8.79. The van der Waals surface area contributed by atoms with E-state index >= 15 is 0 Å². The Morgan fingerprint density at radius 1 is 1.07 bits per heavy atom. The van der Waals surface area contributed by atoms with Crippen LogP contribution in [0, 0.1) is 0 Å². The molecule has 6 nitrogen and oxygen atoms in total. The number of hydrogen-bond acceptors (Lipinski definition) is 5. The highest BCUT2D eigenvalue weighted by molar-refractivity contribution is 9.10. The first-order valence-corrected chi connectivity index (χ1v) is 9.68. The number of anilines is 2. The monoisotopic (exact) mass is 445 g/mol. The van der Waals surface area contributed by atoms with E-state index < -0.39 is 0 Å². The number of nitrogens with zero attached hydrogens (tertiary/aromatic N) is 1. The number of thiazole rings is 1. The molecule has 3 rings (SSSR count). The molecule has 0 saturated heterocycles. The third-order valence-electron chi connectivity index (χ3n) is 3.44.